The summed E-state index contributed by atoms with van der Waals surface area (Å²) < 4.78 is 8.43. The van der Waals surface area contributed by atoms with E-state index in [9.17, 15) is 10.1 Å². The van der Waals surface area contributed by atoms with Crippen LogP contribution in [-0.4, -0.2) is 61.0 Å². The van der Waals surface area contributed by atoms with E-state index in [-0.39, 0.29) is 17.6 Å². The number of anilines is 2. The number of pyridine rings is 1. The summed E-state index contributed by atoms with van der Waals surface area (Å²) in [6.07, 6.45) is 11.3. The van der Waals surface area contributed by atoms with Crippen LogP contribution in [0.15, 0.2) is 33.8 Å². The number of likely N-dealkylation sites (tertiary alicyclic amines) is 1. The summed E-state index contributed by atoms with van der Waals surface area (Å²) >= 11 is 1.54. The van der Waals surface area contributed by atoms with E-state index in [1.165, 1.54) is 4.88 Å². The molecule has 12 nitrogen and oxygen atoms in total. The Morgan fingerprint density at radius 1 is 1.22 bits per heavy atom. The number of thiophene rings is 1. The minimum Gasteiger partial charge on any atom is -0.389 e. The number of nitrogens with one attached hydrogen (secondary N) is 1. The standard InChI is InChI=1S/C36H42N10O2S/c1-5-45(20(2)22-12-13-28(47)39-18-22)34-25-19-40-46(21(3)26-10-8-16-44(26)4)35(25)42-33(41-34)30-23-9-6-14-36(31(23)48-43-30)15-7-11-27-29(36)24(17-37)32(38)49-27/h12-13,18-21,26H,5-11,14-16,38H2,1-4H3,(H,39,47). The van der Waals surface area contributed by atoms with E-state index in [2.05, 4.69) is 53.4 Å². The Balaban J connectivity index is 1.31. The van der Waals surface area contributed by atoms with Crippen molar-refractivity contribution in [3.05, 3.63) is 67.8 Å². The number of hydrogen-bond donors (Lipinski definition) is 2. The van der Waals surface area contributed by atoms with Crippen molar-refractivity contribution in [2.24, 2.45) is 0 Å². The second-order valence-electron chi connectivity index (χ2n) is 14.0. The molecule has 3 N–H and O–H groups in total. The van der Waals surface area contributed by atoms with Crippen LogP contribution < -0.4 is 16.2 Å². The van der Waals surface area contributed by atoms with Crippen LogP contribution in [0, 0.1) is 11.3 Å². The van der Waals surface area contributed by atoms with E-state index in [1.807, 2.05) is 12.3 Å². The Morgan fingerprint density at radius 3 is 2.76 bits per heavy atom. The molecular weight excluding hydrogens is 637 g/mol. The van der Waals surface area contributed by atoms with E-state index in [1.54, 1.807) is 23.6 Å². The minimum absolute atomic E-state index is 0.0934. The number of nitrogen functional groups attached to an aromatic ring is 1. The quantitative estimate of drug-likeness (QED) is 0.213. The summed E-state index contributed by atoms with van der Waals surface area (Å²) in [5.74, 6) is 2.10. The molecule has 0 radical (unpaired) electrons. The lowest BCUT2D eigenvalue weighted by atomic mass is 9.63. The molecule has 1 aliphatic heterocycles. The number of aromatic amines is 1. The van der Waals surface area contributed by atoms with Crippen molar-refractivity contribution in [3.63, 3.8) is 0 Å². The lowest BCUT2D eigenvalue weighted by molar-refractivity contribution is 0.232. The molecule has 5 aromatic heterocycles. The van der Waals surface area contributed by atoms with Gasteiger partial charge in [0.2, 0.25) is 5.56 Å². The van der Waals surface area contributed by atoms with Crippen molar-refractivity contribution < 1.29 is 4.52 Å². The van der Waals surface area contributed by atoms with Gasteiger partial charge in [-0.2, -0.15) is 10.4 Å². The fraction of sp³-hybridized carbons (Fsp3) is 0.500. The Kier molecular flexibility index (Phi) is 7.83. The third-order valence-corrected chi connectivity index (χ3v) is 12.5. The molecule has 2 aliphatic carbocycles. The maximum atomic E-state index is 11.9. The number of nitrogens with two attached hydrogens (primary N) is 1. The molecule has 1 spiro atoms. The average Bonchev–Trinajstić information content (AvgIpc) is 3.90. The Hall–Kier alpha value is -4.54. The third kappa shape index (κ3) is 4.90. The van der Waals surface area contributed by atoms with Crippen molar-refractivity contribution in [3.8, 4) is 17.6 Å². The normalized spacial score (nSPS) is 21.8. The SMILES string of the molecule is CCN(c1nc(-c2noc3c2CCCC32CCCc3sc(N)c(C#N)c32)nc2c1cnn2C(C)C1CCCN1C)C(C)c1ccc(=O)[nH]c1. The van der Waals surface area contributed by atoms with Crippen molar-refractivity contribution >= 4 is 33.2 Å². The van der Waals surface area contributed by atoms with Gasteiger partial charge in [0.05, 0.1) is 34.6 Å². The Labute approximate surface area is 288 Å². The van der Waals surface area contributed by atoms with Gasteiger partial charge < -0.3 is 25.0 Å². The number of rotatable bonds is 7. The van der Waals surface area contributed by atoms with Gasteiger partial charge in [-0.1, -0.05) is 11.2 Å². The van der Waals surface area contributed by atoms with Crippen molar-refractivity contribution in [1.29, 1.82) is 5.26 Å². The molecule has 0 bridgehead atoms. The highest BCUT2D eigenvalue weighted by Crippen LogP contribution is 2.55. The van der Waals surface area contributed by atoms with Crippen molar-refractivity contribution in [2.45, 2.75) is 95.7 Å². The first-order chi connectivity index (χ1) is 23.8. The zero-order chi connectivity index (χ0) is 34.0. The molecule has 1 saturated heterocycles. The van der Waals surface area contributed by atoms with Gasteiger partial charge >= 0.3 is 0 Å². The predicted molar refractivity (Wildman–Crippen MR) is 190 cm³/mol. The number of aromatic nitrogens is 6. The average molecular weight is 679 g/mol. The van der Waals surface area contributed by atoms with Crippen LogP contribution >= 0.6 is 11.3 Å². The van der Waals surface area contributed by atoms with Crippen LogP contribution in [0.2, 0.25) is 0 Å². The molecule has 8 rings (SSSR count). The monoisotopic (exact) mass is 678 g/mol. The largest absolute Gasteiger partial charge is 0.389 e. The second-order valence-corrected chi connectivity index (χ2v) is 15.1. The predicted octanol–water partition coefficient (Wildman–Crippen LogP) is 5.89. The lowest BCUT2D eigenvalue weighted by Crippen LogP contribution is -2.35. The van der Waals surface area contributed by atoms with Crippen LogP contribution in [0.25, 0.3) is 22.6 Å². The summed E-state index contributed by atoms with van der Waals surface area (Å²) in [4.78, 5) is 31.1. The van der Waals surface area contributed by atoms with Crippen LogP contribution in [0.1, 0.15) is 104 Å². The van der Waals surface area contributed by atoms with Gasteiger partial charge in [0.15, 0.2) is 22.9 Å². The molecule has 0 aromatic carbocycles. The maximum absolute atomic E-state index is 11.9. The Morgan fingerprint density at radius 2 is 2.04 bits per heavy atom. The number of H-pyrrole nitrogens is 1. The molecule has 4 atom stereocenters. The minimum atomic E-state index is -0.434. The van der Waals surface area contributed by atoms with Crippen LogP contribution in [-0.2, 0) is 18.3 Å². The number of nitriles is 1. The van der Waals surface area contributed by atoms with Gasteiger partial charge in [-0.15, -0.1) is 11.3 Å². The van der Waals surface area contributed by atoms with Crippen LogP contribution in [0.3, 0.4) is 0 Å². The lowest BCUT2D eigenvalue weighted by Gasteiger charge is -2.39. The first-order valence-corrected chi connectivity index (χ1v) is 18.3. The van der Waals surface area contributed by atoms with Crippen molar-refractivity contribution in [1.82, 2.24) is 34.8 Å². The zero-order valence-electron chi connectivity index (χ0n) is 28.5. The van der Waals surface area contributed by atoms with E-state index >= 15 is 0 Å². The van der Waals surface area contributed by atoms with Crippen molar-refractivity contribution in [2.75, 3.05) is 30.8 Å². The highest BCUT2D eigenvalue weighted by atomic mass is 32.1. The van der Waals surface area contributed by atoms with Gasteiger partial charge in [-0.25, -0.2) is 14.6 Å². The number of fused-ring (bicyclic) bond motifs is 5. The molecule has 5 aromatic rings. The summed E-state index contributed by atoms with van der Waals surface area (Å²) in [6.45, 7) is 8.18. The first kappa shape index (κ1) is 31.7. The molecule has 254 valence electrons. The van der Waals surface area contributed by atoms with Crippen LogP contribution in [0.4, 0.5) is 10.8 Å². The maximum Gasteiger partial charge on any atom is 0.247 e. The summed E-state index contributed by atoms with van der Waals surface area (Å²) in [6, 6.07) is 6.19. The van der Waals surface area contributed by atoms with E-state index in [0.717, 1.165) is 97.2 Å². The molecule has 0 saturated carbocycles. The molecule has 6 heterocycles. The molecule has 0 amide bonds. The molecule has 49 heavy (non-hydrogen) atoms. The Bertz CT molecular complexity index is 2130. The summed E-state index contributed by atoms with van der Waals surface area (Å²) in [5.41, 5.74) is 10.9. The highest BCUT2D eigenvalue weighted by molar-refractivity contribution is 7.16. The van der Waals surface area contributed by atoms with Gasteiger partial charge in [0.25, 0.3) is 0 Å². The van der Waals surface area contributed by atoms with Gasteiger partial charge in [0, 0.05) is 35.3 Å². The molecular formula is C36H42N10O2S. The molecule has 1 fully saturated rings. The zero-order valence-corrected chi connectivity index (χ0v) is 29.3. The third-order valence-electron chi connectivity index (χ3n) is 11.4. The van der Waals surface area contributed by atoms with Gasteiger partial charge in [-0.3, -0.25) is 4.79 Å². The molecule has 4 unspecified atom stereocenters. The van der Waals surface area contributed by atoms with Crippen LogP contribution in [0.5, 0.6) is 0 Å². The van der Waals surface area contributed by atoms with E-state index in [0.29, 0.717) is 34.7 Å². The number of nitrogens with zero attached hydrogens (tertiary/aromatic N) is 8. The molecule has 13 heteroatoms. The van der Waals surface area contributed by atoms with E-state index in [4.69, 9.17) is 30.5 Å². The number of hydrogen-bond acceptors (Lipinski definition) is 11. The molecule has 3 aliphatic rings. The van der Waals surface area contributed by atoms with Gasteiger partial charge in [-0.05, 0) is 96.9 Å². The number of aryl methyl sites for hydroxylation is 1. The smallest absolute Gasteiger partial charge is 0.247 e. The number of likely N-dealkylation sites (N-methyl/N-ethyl adjacent to an activating group) is 1. The fourth-order valence-corrected chi connectivity index (χ4v) is 10.1. The fourth-order valence-electron chi connectivity index (χ4n) is 8.93. The first-order valence-electron chi connectivity index (χ1n) is 17.5. The van der Waals surface area contributed by atoms with Gasteiger partial charge in [0.1, 0.15) is 16.9 Å². The second kappa shape index (κ2) is 12.1. The highest BCUT2D eigenvalue weighted by Gasteiger charge is 2.49. The summed E-state index contributed by atoms with van der Waals surface area (Å²) in [5, 5.41) is 21.3. The summed E-state index contributed by atoms with van der Waals surface area (Å²) in [7, 11) is 2.18. The topological polar surface area (TPSA) is 159 Å². The van der Waals surface area contributed by atoms with E-state index < -0.39 is 5.41 Å².